The van der Waals surface area contributed by atoms with Gasteiger partial charge in [0, 0.05) is 6.04 Å². The molecule has 0 radical (unpaired) electrons. The van der Waals surface area contributed by atoms with Crippen LogP contribution < -0.4 is 5.32 Å². The summed E-state index contributed by atoms with van der Waals surface area (Å²) in [6.07, 6.45) is 3.72. The summed E-state index contributed by atoms with van der Waals surface area (Å²) in [6, 6.07) is 0.491. The molecule has 0 bridgehead atoms. The van der Waals surface area contributed by atoms with Gasteiger partial charge in [-0.05, 0) is 38.0 Å². The van der Waals surface area contributed by atoms with E-state index in [9.17, 15) is 4.79 Å². The maximum Gasteiger partial charge on any atom is 0.319 e. The summed E-state index contributed by atoms with van der Waals surface area (Å²) in [4.78, 5) is 11.2. The Labute approximate surface area is 92.6 Å². The number of hydrogen-bond donors (Lipinski definition) is 1. The number of ether oxygens (including phenoxy) is 1. The fraction of sp³-hybridized carbons (Fsp3) is 0.917. The Bertz CT molecular complexity index is 206. The minimum Gasteiger partial charge on any atom is -0.465 e. The molecule has 0 spiro atoms. The number of carbonyl (C=O) groups is 1. The van der Waals surface area contributed by atoms with Gasteiger partial charge < -0.3 is 10.1 Å². The predicted molar refractivity (Wildman–Crippen MR) is 60.6 cm³/mol. The molecule has 3 nitrogen and oxygen atoms in total. The quantitative estimate of drug-likeness (QED) is 0.726. The second-order valence-corrected chi connectivity index (χ2v) is 4.69. The van der Waals surface area contributed by atoms with E-state index < -0.39 is 0 Å². The second kappa shape index (κ2) is 6.11. The smallest absolute Gasteiger partial charge is 0.319 e. The zero-order chi connectivity index (χ0) is 11.3. The van der Waals surface area contributed by atoms with Crippen molar-refractivity contribution in [1.29, 1.82) is 0 Å². The van der Waals surface area contributed by atoms with Gasteiger partial charge in [0.1, 0.15) is 0 Å². The first-order valence-corrected chi connectivity index (χ1v) is 6.02. The Balaban J connectivity index is 2.23. The monoisotopic (exact) mass is 213 g/mol. The van der Waals surface area contributed by atoms with E-state index in [1.54, 1.807) is 0 Å². The van der Waals surface area contributed by atoms with Gasteiger partial charge in [-0.1, -0.05) is 13.8 Å². The Morgan fingerprint density at radius 3 is 2.73 bits per heavy atom. The van der Waals surface area contributed by atoms with Crippen molar-refractivity contribution in [3.05, 3.63) is 0 Å². The first-order valence-electron chi connectivity index (χ1n) is 6.02. The van der Waals surface area contributed by atoms with Crippen LogP contribution in [0.4, 0.5) is 0 Å². The lowest BCUT2D eigenvalue weighted by Crippen LogP contribution is -2.41. The van der Waals surface area contributed by atoms with Crippen LogP contribution in [0.1, 0.15) is 40.0 Å². The van der Waals surface area contributed by atoms with Crippen LogP contribution >= 0.6 is 0 Å². The maximum atomic E-state index is 11.2. The third kappa shape index (κ3) is 4.20. The molecule has 1 rings (SSSR count). The Morgan fingerprint density at radius 2 is 2.13 bits per heavy atom. The number of carbonyl (C=O) groups excluding carboxylic acids is 1. The summed E-state index contributed by atoms with van der Waals surface area (Å²) in [7, 11) is 0. The lowest BCUT2D eigenvalue weighted by atomic mass is 9.80. The largest absolute Gasteiger partial charge is 0.465 e. The molecule has 0 aromatic heterocycles. The van der Waals surface area contributed by atoms with E-state index in [0.29, 0.717) is 25.1 Å². The molecule has 0 aromatic carbocycles. The van der Waals surface area contributed by atoms with Gasteiger partial charge in [0.15, 0.2) is 0 Å². The van der Waals surface area contributed by atoms with E-state index in [1.165, 1.54) is 19.3 Å². The number of hydrogen-bond acceptors (Lipinski definition) is 3. The van der Waals surface area contributed by atoms with Gasteiger partial charge in [-0.3, -0.25) is 4.79 Å². The molecule has 3 atom stereocenters. The van der Waals surface area contributed by atoms with Gasteiger partial charge in [-0.2, -0.15) is 0 Å². The molecule has 88 valence electrons. The third-order valence-electron chi connectivity index (χ3n) is 3.25. The Morgan fingerprint density at radius 1 is 1.40 bits per heavy atom. The van der Waals surface area contributed by atoms with Crippen molar-refractivity contribution in [2.24, 2.45) is 11.8 Å². The third-order valence-corrected chi connectivity index (χ3v) is 3.25. The lowest BCUT2D eigenvalue weighted by molar-refractivity contribution is -0.142. The lowest BCUT2D eigenvalue weighted by Gasteiger charge is -2.33. The number of nitrogens with one attached hydrogen (secondary N) is 1. The first-order chi connectivity index (χ1) is 7.13. The van der Waals surface area contributed by atoms with Gasteiger partial charge in [-0.25, -0.2) is 0 Å². The van der Waals surface area contributed by atoms with Crippen LogP contribution in [0.25, 0.3) is 0 Å². The molecule has 3 unspecified atom stereocenters. The van der Waals surface area contributed by atoms with E-state index in [-0.39, 0.29) is 5.97 Å². The van der Waals surface area contributed by atoms with E-state index in [4.69, 9.17) is 4.74 Å². The molecule has 1 fully saturated rings. The average Bonchev–Trinajstić information content (AvgIpc) is 2.17. The highest BCUT2D eigenvalue weighted by Gasteiger charge is 2.25. The van der Waals surface area contributed by atoms with E-state index in [0.717, 1.165) is 5.92 Å². The predicted octanol–water partition coefficient (Wildman–Crippen LogP) is 1.96. The highest BCUT2D eigenvalue weighted by molar-refractivity contribution is 5.71. The van der Waals surface area contributed by atoms with Crippen LogP contribution in [0, 0.1) is 11.8 Å². The first kappa shape index (κ1) is 12.5. The molecule has 1 saturated carbocycles. The molecule has 1 aliphatic rings. The van der Waals surface area contributed by atoms with Crippen LogP contribution in [-0.2, 0) is 9.53 Å². The molecular formula is C12H23NO2. The van der Waals surface area contributed by atoms with Gasteiger partial charge in [-0.15, -0.1) is 0 Å². The molecule has 0 saturated heterocycles. The summed E-state index contributed by atoms with van der Waals surface area (Å²) < 4.78 is 4.89. The standard InChI is InChI=1S/C12H23NO2/c1-4-15-12(14)8-13-11-6-5-9(2)7-10(11)3/h9-11,13H,4-8H2,1-3H3. The molecule has 1 N–H and O–H groups in total. The van der Waals surface area contributed by atoms with E-state index >= 15 is 0 Å². The molecule has 3 heteroatoms. The molecule has 15 heavy (non-hydrogen) atoms. The van der Waals surface area contributed by atoms with Gasteiger partial charge in [0.05, 0.1) is 13.2 Å². The minimum absolute atomic E-state index is 0.136. The fourth-order valence-corrected chi connectivity index (χ4v) is 2.40. The van der Waals surface area contributed by atoms with E-state index in [1.807, 2.05) is 6.92 Å². The molecule has 0 aromatic rings. The molecule has 1 aliphatic carbocycles. The minimum atomic E-state index is -0.136. The summed E-state index contributed by atoms with van der Waals surface area (Å²) >= 11 is 0. The van der Waals surface area contributed by atoms with Crippen LogP contribution in [0.15, 0.2) is 0 Å². The van der Waals surface area contributed by atoms with Crippen LogP contribution in [0.2, 0.25) is 0 Å². The SMILES string of the molecule is CCOC(=O)CNC1CCC(C)CC1C. The van der Waals surface area contributed by atoms with Gasteiger partial charge >= 0.3 is 5.97 Å². The van der Waals surface area contributed by atoms with Crippen molar-refractivity contribution < 1.29 is 9.53 Å². The molecule has 0 aliphatic heterocycles. The Kier molecular flexibility index (Phi) is 5.09. The number of esters is 1. The fourth-order valence-electron chi connectivity index (χ4n) is 2.40. The highest BCUT2D eigenvalue weighted by atomic mass is 16.5. The molecule has 0 amide bonds. The van der Waals surface area contributed by atoms with Crippen molar-refractivity contribution in [1.82, 2.24) is 5.32 Å². The molecular weight excluding hydrogens is 190 g/mol. The van der Waals surface area contributed by atoms with Crippen molar-refractivity contribution in [2.75, 3.05) is 13.2 Å². The average molecular weight is 213 g/mol. The van der Waals surface area contributed by atoms with Crippen molar-refractivity contribution >= 4 is 5.97 Å². The zero-order valence-electron chi connectivity index (χ0n) is 10.1. The van der Waals surface area contributed by atoms with Crippen LogP contribution in [0.5, 0.6) is 0 Å². The van der Waals surface area contributed by atoms with Crippen molar-refractivity contribution in [3.8, 4) is 0 Å². The van der Waals surface area contributed by atoms with Crippen molar-refractivity contribution in [2.45, 2.75) is 46.1 Å². The van der Waals surface area contributed by atoms with Gasteiger partial charge in [0.25, 0.3) is 0 Å². The normalized spacial score (nSPS) is 31.3. The topological polar surface area (TPSA) is 38.3 Å². The van der Waals surface area contributed by atoms with Gasteiger partial charge in [0.2, 0.25) is 0 Å². The second-order valence-electron chi connectivity index (χ2n) is 4.69. The summed E-state index contributed by atoms with van der Waals surface area (Å²) in [5.74, 6) is 1.37. The summed E-state index contributed by atoms with van der Waals surface area (Å²) in [5.41, 5.74) is 0. The van der Waals surface area contributed by atoms with Crippen LogP contribution in [0.3, 0.4) is 0 Å². The Hall–Kier alpha value is -0.570. The van der Waals surface area contributed by atoms with Crippen molar-refractivity contribution in [3.63, 3.8) is 0 Å². The van der Waals surface area contributed by atoms with Crippen LogP contribution in [-0.4, -0.2) is 25.2 Å². The highest BCUT2D eigenvalue weighted by Crippen LogP contribution is 2.28. The maximum absolute atomic E-state index is 11.2. The van der Waals surface area contributed by atoms with E-state index in [2.05, 4.69) is 19.2 Å². The molecule has 0 heterocycles. The summed E-state index contributed by atoms with van der Waals surface area (Å²) in [5, 5.41) is 3.30. The summed E-state index contributed by atoms with van der Waals surface area (Å²) in [6.45, 7) is 7.23. The number of rotatable bonds is 4. The zero-order valence-corrected chi connectivity index (χ0v) is 10.1.